The molecule has 1 fully saturated rings. The fourth-order valence-electron chi connectivity index (χ4n) is 2.85. The Bertz CT molecular complexity index is 629. The summed E-state index contributed by atoms with van der Waals surface area (Å²) in [5.41, 5.74) is 3.35. The van der Waals surface area contributed by atoms with E-state index in [4.69, 9.17) is 0 Å². The molecule has 1 aliphatic rings. The van der Waals surface area contributed by atoms with Gasteiger partial charge < -0.3 is 4.90 Å². The third-order valence-electron chi connectivity index (χ3n) is 4.20. The van der Waals surface area contributed by atoms with Gasteiger partial charge in [0.2, 0.25) is 0 Å². The number of carbonyl (C=O) groups is 1. The zero-order valence-corrected chi connectivity index (χ0v) is 15.0. The van der Waals surface area contributed by atoms with Gasteiger partial charge in [0.05, 0.1) is 6.67 Å². The molecule has 3 nitrogen and oxygen atoms in total. The van der Waals surface area contributed by atoms with Crippen LogP contribution in [0.4, 0.5) is 0 Å². The van der Waals surface area contributed by atoms with Crippen LogP contribution in [0.5, 0.6) is 0 Å². The second kappa shape index (κ2) is 14.0. The number of amides is 1. The SMILES string of the molecule is C.C.C.CC.CCc1ccc(C(=O)N2CCN(Cc3ccccc3)C2)cc1.[HH]. The van der Waals surface area contributed by atoms with Gasteiger partial charge >= 0.3 is 0 Å². The summed E-state index contributed by atoms with van der Waals surface area (Å²) in [6, 6.07) is 18.4. The summed E-state index contributed by atoms with van der Waals surface area (Å²) in [7, 11) is 0. The van der Waals surface area contributed by atoms with Gasteiger partial charge in [-0.2, -0.15) is 0 Å². The second-order valence-corrected chi connectivity index (χ2v) is 5.80. The highest BCUT2D eigenvalue weighted by molar-refractivity contribution is 5.94. The molecule has 0 saturated carbocycles. The molecule has 27 heavy (non-hydrogen) atoms. The van der Waals surface area contributed by atoms with Crippen molar-refractivity contribution in [3.8, 4) is 0 Å². The van der Waals surface area contributed by atoms with Crippen LogP contribution < -0.4 is 0 Å². The highest BCUT2D eigenvalue weighted by atomic mass is 16.2. The van der Waals surface area contributed by atoms with Crippen molar-refractivity contribution >= 4 is 5.91 Å². The largest absolute Gasteiger partial charge is 0.324 e. The normalized spacial score (nSPS) is 12.6. The van der Waals surface area contributed by atoms with Crippen molar-refractivity contribution < 1.29 is 6.22 Å². The smallest absolute Gasteiger partial charge is 0.254 e. The molecule has 1 aliphatic heterocycles. The molecule has 0 aliphatic carbocycles. The highest BCUT2D eigenvalue weighted by Crippen LogP contribution is 2.14. The minimum absolute atomic E-state index is 0. The van der Waals surface area contributed by atoms with Crippen LogP contribution in [0, 0.1) is 0 Å². The molecule has 1 saturated heterocycles. The van der Waals surface area contributed by atoms with E-state index in [9.17, 15) is 4.79 Å². The third-order valence-corrected chi connectivity index (χ3v) is 4.20. The molecule has 0 N–H and O–H groups in total. The van der Waals surface area contributed by atoms with Gasteiger partial charge in [0.15, 0.2) is 0 Å². The molecule has 2 aromatic carbocycles. The van der Waals surface area contributed by atoms with E-state index in [2.05, 4.69) is 36.1 Å². The van der Waals surface area contributed by atoms with Gasteiger partial charge in [-0.1, -0.05) is 85.5 Å². The molecule has 0 bridgehead atoms. The average Bonchev–Trinajstić information content (AvgIpc) is 3.12. The Balaban J connectivity index is -0.00000101. The number of carbonyl (C=O) groups excluding carboxylic acids is 1. The van der Waals surface area contributed by atoms with E-state index in [0.29, 0.717) is 6.67 Å². The van der Waals surface area contributed by atoms with Gasteiger partial charge in [0.1, 0.15) is 0 Å². The van der Waals surface area contributed by atoms with Crippen LogP contribution in [0.3, 0.4) is 0 Å². The molecule has 0 spiro atoms. The van der Waals surface area contributed by atoms with Crippen LogP contribution in [0.15, 0.2) is 54.6 Å². The van der Waals surface area contributed by atoms with Gasteiger partial charge in [-0.3, -0.25) is 9.69 Å². The first-order valence-corrected chi connectivity index (χ1v) is 8.91. The molecular weight excluding hydrogens is 332 g/mol. The number of rotatable bonds is 4. The second-order valence-electron chi connectivity index (χ2n) is 5.80. The van der Waals surface area contributed by atoms with Crippen molar-refractivity contribution in [3.05, 3.63) is 71.3 Å². The molecule has 3 rings (SSSR count). The molecule has 0 aromatic heterocycles. The van der Waals surface area contributed by atoms with Crippen LogP contribution in [0.25, 0.3) is 0 Å². The first-order chi connectivity index (χ1) is 11.8. The van der Waals surface area contributed by atoms with Crippen LogP contribution in [-0.4, -0.2) is 35.5 Å². The first-order valence-electron chi connectivity index (χ1n) is 8.91. The molecule has 0 unspecified atom stereocenters. The van der Waals surface area contributed by atoms with Crippen LogP contribution >= 0.6 is 0 Å². The Kier molecular flexibility index (Phi) is 14.0. The van der Waals surface area contributed by atoms with E-state index in [-0.39, 0.29) is 29.6 Å². The summed E-state index contributed by atoms with van der Waals surface area (Å²) in [6.45, 7) is 9.48. The lowest BCUT2D eigenvalue weighted by molar-refractivity contribution is 0.0763. The molecule has 1 heterocycles. The number of benzene rings is 2. The van der Waals surface area contributed by atoms with Gasteiger partial charge in [0.25, 0.3) is 5.91 Å². The zero-order chi connectivity index (χ0) is 17.4. The van der Waals surface area contributed by atoms with Crippen molar-refractivity contribution in [1.29, 1.82) is 0 Å². The monoisotopic (exact) mass is 374 g/mol. The predicted octanol–water partition coefficient (Wildman–Crippen LogP) is 6.35. The fraction of sp³-hybridized carbons (Fsp3) is 0.458. The minimum Gasteiger partial charge on any atom is -0.324 e. The number of hydrogen-bond donors (Lipinski definition) is 0. The van der Waals surface area contributed by atoms with Gasteiger partial charge in [-0.05, 0) is 29.7 Å². The summed E-state index contributed by atoms with van der Waals surface area (Å²) < 4.78 is 0. The first kappa shape index (κ1) is 27.1. The van der Waals surface area contributed by atoms with E-state index < -0.39 is 0 Å². The Morgan fingerprint density at radius 2 is 1.48 bits per heavy atom. The molecule has 0 atom stereocenters. The van der Waals surface area contributed by atoms with E-state index in [1.54, 1.807) is 0 Å². The Morgan fingerprint density at radius 3 is 2.04 bits per heavy atom. The van der Waals surface area contributed by atoms with Crippen LogP contribution in [0.2, 0.25) is 0 Å². The molecule has 1 amide bonds. The van der Waals surface area contributed by atoms with Crippen molar-refractivity contribution in [1.82, 2.24) is 9.80 Å². The maximum absolute atomic E-state index is 12.5. The number of nitrogens with zero attached hydrogens (tertiary/aromatic N) is 2. The topological polar surface area (TPSA) is 23.6 Å². The standard InChI is InChI=1S/C19H22N2O.C2H6.3CH4.H2/c1-2-16-8-10-18(11-9-16)19(22)21-13-12-20(15-21)14-17-6-4-3-5-7-17;1-2;;;;/h3-11H,2,12-15H2,1H3;1-2H3;3*1H4;1H. The van der Waals surface area contributed by atoms with Crippen LogP contribution in [0.1, 0.15) is 66.0 Å². The minimum atomic E-state index is 0. The zero-order valence-electron chi connectivity index (χ0n) is 15.0. The fourth-order valence-corrected chi connectivity index (χ4v) is 2.85. The Hall–Kier alpha value is -2.13. The van der Waals surface area contributed by atoms with Gasteiger partial charge in [-0.15, -0.1) is 0 Å². The molecular formula is C24H42N2O. The number of hydrogen-bond acceptors (Lipinski definition) is 2. The van der Waals surface area contributed by atoms with E-state index in [1.807, 2.05) is 49.1 Å². The van der Waals surface area contributed by atoms with Crippen molar-refractivity contribution in [2.45, 2.75) is 56.0 Å². The predicted molar refractivity (Wildman–Crippen MR) is 122 cm³/mol. The Morgan fingerprint density at radius 1 is 0.889 bits per heavy atom. The maximum Gasteiger partial charge on any atom is 0.254 e. The average molecular weight is 375 g/mol. The lowest BCUT2D eigenvalue weighted by atomic mass is 10.1. The van der Waals surface area contributed by atoms with Crippen LogP contribution in [-0.2, 0) is 13.0 Å². The summed E-state index contributed by atoms with van der Waals surface area (Å²) >= 11 is 0. The highest BCUT2D eigenvalue weighted by Gasteiger charge is 2.24. The van der Waals surface area contributed by atoms with E-state index in [0.717, 1.165) is 31.6 Å². The van der Waals surface area contributed by atoms with Crippen molar-refractivity contribution in [2.75, 3.05) is 19.8 Å². The molecule has 3 heteroatoms. The Labute approximate surface area is 169 Å². The van der Waals surface area contributed by atoms with E-state index in [1.165, 1.54) is 11.1 Å². The van der Waals surface area contributed by atoms with E-state index >= 15 is 0 Å². The van der Waals surface area contributed by atoms with Crippen molar-refractivity contribution in [3.63, 3.8) is 0 Å². The lowest BCUT2D eigenvalue weighted by Crippen LogP contribution is -2.31. The summed E-state index contributed by atoms with van der Waals surface area (Å²) in [5, 5.41) is 0. The maximum atomic E-state index is 12.5. The third kappa shape index (κ3) is 7.56. The van der Waals surface area contributed by atoms with Gasteiger partial charge in [0, 0.05) is 26.6 Å². The van der Waals surface area contributed by atoms with Crippen molar-refractivity contribution in [2.24, 2.45) is 0 Å². The lowest BCUT2D eigenvalue weighted by Gasteiger charge is -2.18. The molecule has 154 valence electrons. The summed E-state index contributed by atoms with van der Waals surface area (Å²) in [5.74, 6) is 0.137. The molecule has 2 aromatic rings. The van der Waals surface area contributed by atoms with Gasteiger partial charge in [-0.25, -0.2) is 0 Å². The summed E-state index contributed by atoms with van der Waals surface area (Å²) in [6.07, 6.45) is 1.00. The quantitative estimate of drug-likeness (QED) is 0.623. The molecule has 0 radical (unpaired) electrons. The number of aryl methyl sites for hydroxylation is 1. The summed E-state index contributed by atoms with van der Waals surface area (Å²) in [4.78, 5) is 16.8.